The van der Waals surface area contributed by atoms with Crippen LogP contribution in [0.2, 0.25) is 0 Å². The van der Waals surface area contributed by atoms with Crippen molar-refractivity contribution < 1.29 is 4.74 Å². The van der Waals surface area contributed by atoms with Crippen molar-refractivity contribution in [3.8, 4) is 6.01 Å². The fraction of sp³-hybridized carbons (Fsp3) is 0.333. The molecular formula is C9H8N2O2S. The van der Waals surface area contributed by atoms with E-state index in [9.17, 15) is 4.79 Å². The summed E-state index contributed by atoms with van der Waals surface area (Å²) in [6.45, 7) is 3.13. The summed E-state index contributed by atoms with van der Waals surface area (Å²) in [4.78, 5) is 17.3. The van der Waals surface area contributed by atoms with Crippen LogP contribution < -0.4 is 10.3 Å². The van der Waals surface area contributed by atoms with E-state index in [4.69, 9.17) is 4.74 Å². The standard InChI is InChI=1S/C9H8N2O2S/c1-5-7-6(4-14-5)8(12)11-2-3-13-9(11)10-7/h4H,2-3H2,1H3. The van der Waals surface area contributed by atoms with E-state index in [-0.39, 0.29) is 5.56 Å². The van der Waals surface area contributed by atoms with Crippen molar-refractivity contribution in [2.24, 2.45) is 0 Å². The maximum atomic E-state index is 11.9. The molecule has 3 rings (SSSR count). The number of rotatable bonds is 0. The molecule has 0 amide bonds. The van der Waals surface area contributed by atoms with E-state index in [2.05, 4.69) is 4.98 Å². The summed E-state index contributed by atoms with van der Waals surface area (Å²) in [5, 5.41) is 2.58. The third-order valence-electron chi connectivity index (χ3n) is 2.40. The highest BCUT2D eigenvalue weighted by Crippen LogP contribution is 2.23. The summed E-state index contributed by atoms with van der Waals surface area (Å²) in [6, 6.07) is 0.462. The number of nitrogens with zero attached hydrogens (tertiary/aromatic N) is 2. The zero-order valence-corrected chi connectivity index (χ0v) is 8.43. The van der Waals surface area contributed by atoms with Crippen LogP contribution >= 0.6 is 11.3 Å². The van der Waals surface area contributed by atoms with Crippen molar-refractivity contribution in [1.82, 2.24) is 9.55 Å². The maximum absolute atomic E-state index is 11.9. The molecule has 2 aromatic rings. The van der Waals surface area contributed by atoms with E-state index in [1.54, 1.807) is 15.9 Å². The Morgan fingerprint density at radius 1 is 1.64 bits per heavy atom. The first-order valence-electron chi connectivity index (χ1n) is 4.39. The molecule has 72 valence electrons. The van der Waals surface area contributed by atoms with Gasteiger partial charge in [0.25, 0.3) is 11.6 Å². The summed E-state index contributed by atoms with van der Waals surface area (Å²) in [5.41, 5.74) is 0.806. The average Bonchev–Trinajstić information content (AvgIpc) is 2.75. The van der Waals surface area contributed by atoms with Crippen LogP contribution in [-0.2, 0) is 6.54 Å². The lowest BCUT2D eigenvalue weighted by atomic mass is 10.3. The van der Waals surface area contributed by atoms with Crippen LogP contribution in [0.3, 0.4) is 0 Å². The fourth-order valence-electron chi connectivity index (χ4n) is 1.66. The Balaban J connectivity index is 2.52. The fourth-order valence-corrected chi connectivity index (χ4v) is 2.44. The minimum atomic E-state index is 0.0202. The van der Waals surface area contributed by atoms with Crippen molar-refractivity contribution in [2.45, 2.75) is 13.5 Å². The summed E-state index contributed by atoms with van der Waals surface area (Å²) in [7, 11) is 0. The Labute approximate surface area is 83.8 Å². The van der Waals surface area contributed by atoms with E-state index in [1.165, 1.54) is 0 Å². The highest BCUT2D eigenvalue weighted by atomic mass is 32.1. The Morgan fingerprint density at radius 3 is 3.36 bits per heavy atom. The third-order valence-corrected chi connectivity index (χ3v) is 3.30. The van der Waals surface area contributed by atoms with Crippen LogP contribution in [0.1, 0.15) is 4.88 Å². The van der Waals surface area contributed by atoms with Gasteiger partial charge in [0.05, 0.1) is 17.4 Å². The number of aryl methyl sites for hydroxylation is 1. The Morgan fingerprint density at radius 2 is 2.50 bits per heavy atom. The SMILES string of the molecule is Cc1scc2c(=O)n3c(nc12)OCC3. The number of aromatic nitrogens is 2. The van der Waals surface area contributed by atoms with Gasteiger partial charge in [0.2, 0.25) is 0 Å². The van der Waals surface area contributed by atoms with E-state index in [0.29, 0.717) is 24.5 Å². The van der Waals surface area contributed by atoms with Crippen LogP contribution in [0.15, 0.2) is 10.2 Å². The Kier molecular flexibility index (Phi) is 1.47. The predicted octanol–water partition coefficient (Wildman–Crippen LogP) is 1.16. The summed E-state index contributed by atoms with van der Waals surface area (Å²) >= 11 is 1.55. The molecule has 0 spiro atoms. The van der Waals surface area contributed by atoms with Crippen molar-refractivity contribution in [3.63, 3.8) is 0 Å². The van der Waals surface area contributed by atoms with Crippen molar-refractivity contribution in [3.05, 3.63) is 20.6 Å². The first kappa shape index (κ1) is 7.99. The molecule has 0 bridgehead atoms. The lowest BCUT2D eigenvalue weighted by molar-refractivity contribution is 0.345. The lowest BCUT2D eigenvalue weighted by Crippen LogP contribution is -2.17. The molecule has 1 aliphatic heterocycles. The minimum Gasteiger partial charge on any atom is -0.463 e. The monoisotopic (exact) mass is 208 g/mol. The van der Waals surface area contributed by atoms with Gasteiger partial charge >= 0.3 is 0 Å². The van der Waals surface area contributed by atoms with Gasteiger partial charge in [0, 0.05) is 10.3 Å². The smallest absolute Gasteiger partial charge is 0.299 e. The molecule has 0 unspecified atom stereocenters. The molecule has 0 atom stereocenters. The molecule has 0 saturated heterocycles. The normalized spacial score (nSPS) is 14.4. The van der Waals surface area contributed by atoms with Gasteiger partial charge in [-0.25, -0.2) is 0 Å². The molecule has 0 aromatic carbocycles. The highest BCUT2D eigenvalue weighted by molar-refractivity contribution is 7.11. The Bertz CT molecular complexity index is 570. The molecule has 0 fully saturated rings. The molecular weight excluding hydrogens is 200 g/mol. The third kappa shape index (κ3) is 0.874. The van der Waals surface area contributed by atoms with Crippen molar-refractivity contribution in [2.75, 3.05) is 6.61 Å². The first-order valence-corrected chi connectivity index (χ1v) is 5.27. The number of hydrogen-bond donors (Lipinski definition) is 0. The number of hydrogen-bond acceptors (Lipinski definition) is 4. The maximum Gasteiger partial charge on any atom is 0.299 e. The molecule has 0 aliphatic carbocycles. The predicted molar refractivity (Wildman–Crippen MR) is 54.1 cm³/mol. The van der Waals surface area contributed by atoms with Gasteiger partial charge in [-0.15, -0.1) is 11.3 Å². The van der Waals surface area contributed by atoms with E-state index >= 15 is 0 Å². The van der Waals surface area contributed by atoms with Gasteiger partial charge in [0.1, 0.15) is 6.61 Å². The van der Waals surface area contributed by atoms with Gasteiger partial charge in [0.15, 0.2) is 0 Å². The molecule has 4 nitrogen and oxygen atoms in total. The van der Waals surface area contributed by atoms with Crippen LogP contribution in [0.4, 0.5) is 0 Å². The average molecular weight is 208 g/mol. The van der Waals surface area contributed by atoms with Crippen LogP contribution in [0.25, 0.3) is 10.9 Å². The number of fused-ring (bicyclic) bond motifs is 2. The molecule has 14 heavy (non-hydrogen) atoms. The van der Waals surface area contributed by atoms with Crippen molar-refractivity contribution >= 4 is 22.2 Å². The zero-order valence-electron chi connectivity index (χ0n) is 7.61. The quantitative estimate of drug-likeness (QED) is 0.652. The molecule has 5 heteroatoms. The lowest BCUT2D eigenvalue weighted by Gasteiger charge is -1.99. The van der Waals surface area contributed by atoms with E-state index < -0.39 is 0 Å². The van der Waals surface area contributed by atoms with Gasteiger partial charge in [-0.3, -0.25) is 9.36 Å². The van der Waals surface area contributed by atoms with Crippen molar-refractivity contribution in [1.29, 1.82) is 0 Å². The molecule has 0 saturated carbocycles. The summed E-state index contributed by atoms with van der Waals surface area (Å²) < 4.78 is 6.86. The summed E-state index contributed by atoms with van der Waals surface area (Å²) in [5.74, 6) is 0. The molecule has 0 radical (unpaired) electrons. The van der Waals surface area contributed by atoms with Gasteiger partial charge in [-0.05, 0) is 6.92 Å². The molecule has 0 N–H and O–H groups in total. The topological polar surface area (TPSA) is 44.1 Å². The summed E-state index contributed by atoms with van der Waals surface area (Å²) in [6.07, 6.45) is 0. The second kappa shape index (κ2) is 2.57. The highest BCUT2D eigenvalue weighted by Gasteiger charge is 2.18. The largest absolute Gasteiger partial charge is 0.463 e. The molecule has 1 aliphatic rings. The first-order chi connectivity index (χ1) is 6.77. The second-order valence-corrected chi connectivity index (χ2v) is 4.34. The zero-order chi connectivity index (χ0) is 9.71. The molecule has 2 aromatic heterocycles. The Hall–Kier alpha value is -1.36. The van der Waals surface area contributed by atoms with Crippen LogP contribution in [0, 0.1) is 6.92 Å². The van der Waals surface area contributed by atoms with Crippen LogP contribution in [-0.4, -0.2) is 16.2 Å². The number of thiophene rings is 1. The van der Waals surface area contributed by atoms with E-state index in [1.807, 2.05) is 12.3 Å². The van der Waals surface area contributed by atoms with E-state index in [0.717, 1.165) is 10.4 Å². The van der Waals surface area contributed by atoms with Crippen LogP contribution in [0.5, 0.6) is 6.01 Å². The van der Waals surface area contributed by atoms with Gasteiger partial charge in [-0.2, -0.15) is 4.98 Å². The van der Waals surface area contributed by atoms with Gasteiger partial charge < -0.3 is 4.74 Å². The van der Waals surface area contributed by atoms with Gasteiger partial charge in [-0.1, -0.05) is 0 Å². The molecule has 3 heterocycles. The minimum absolute atomic E-state index is 0.0202. The number of ether oxygens (including phenoxy) is 1. The second-order valence-electron chi connectivity index (χ2n) is 3.25.